The van der Waals surface area contributed by atoms with Crippen LogP contribution in [0.25, 0.3) is 0 Å². The summed E-state index contributed by atoms with van der Waals surface area (Å²) in [6.45, 7) is 4.50. The average molecular weight is 319 g/mol. The molecule has 1 unspecified atom stereocenters. The lowest BCUT2D eigenvalue weighted by Gasteiger charge is -2.16. The predicted octanol–water partition coefficient (Wildman–Crippen LogP) is 5.76. The van der Waals surface area contributed by atoms with Gasteiger partial charge in [0.1, 0.15) is 9.84 Å². The van der Waals surface area contributed by atoms with Crippen molar-refractivity contribution in [2.75, 3.05) is 12.0 Å². The van der Waals surface area contributed by atoms with Gasteiger partial charge in [-0.3, -0.25) is 0 Å². The van der Waals surface area contributed by atoms with Gasteiger partial charge in [-0.05, 0) is 18.8 Å². The van der Waals surface area contributed by atoms with Crippen molar-refractivity contribution in [3.63, 3.8) is 0 Å². The number of sulfone groups is 1. The van der Waals surface area contributed by atoms with Gasteiger partial charge in [-0.15, -0.1) is 0 Å². The Balaban J connectivity index is 3.90. The Morgan fingerprint density at radius 2 is 1.10 bits per heavy atom. The minimum absolute atomic E-state index is 0.369. The van der Waals surface area contributed by atoms with Crippen LogP contribution in [0.4, 0.5) is 0 Å². The molecule has 0 spiro atoms. The summed E-state index contributed by atoms with van der Waals surface area (Å²) in [6.07, 6.45) is 17.9. The highest BCUT2D eigenvalue weighted by Crippen LogP contribution is 2.23. The summed E-state index contributed by atoms with van der Waals surface area (Å²) in [4.78, 5) is 0. The van der Waals surface area contributed by atoms with Gasteiger partial charge in [0, 0.05) is 12.0 Å². The van der Waals surface area contributed by atoms with Crippen LogP contribution in [0, 0.1) is 5.92 Å². The van der Waals surface area contributed by atoms with Crippen LogP contribution in [0.3, 0.4) is 0 Å². The van der Waals surface area contributed by atoms with Gasteiger partial charge in [-0.2, -0.15) is 0 Å². The van der Waals surface area contributed by atoms with E-state index in [1.807, 2.05) is 0 Å². The Morgan fingerprint density at radius 1 is 0.667 bits per heavy atom. The van der Waals surface area contributed by atoms with Gasteiger partial charge in [0.25, 0.3) is 0 Å². The van der Waals surface area contributed by atoms with Crippen LogP contribution in [-0.2, 0) is 9.84 Å². The monoisotopic (exact) mass is 318 g/mol. The van der Waals surface area contributed by atoms with Gasteiger partial charge in [-0.25, -0.2) is 8.42 Å². The van der Waals surface area contributed by atoms with E-state index in [1.165, 1.54) is 76.9 Å². The summed E-state index contributed by atoms with van der Waals surface area (Å²) in [5.74, 6) is 1.12. The Kier molecular flexibility index (Phi) is 13.6. The fourth-order valence-electron chi connectivity index (χ4n) is 2.96. The van der Waals surface area contributed by atoms with Crippen molar-refractivity contribution in [2.24, 2.45) is 5.92 Å². The Hall–Kier alpha value is -0.0500. The van der Waals surface area contributed by atoms with Crippen molar-refractivity contribution in [1.82, 2.24) is 0 Å². The SMILES string of the molecule is CCCCCCCC(CCCCCC)CCCS(C)(=O)=O. The first kappa shape index (κ1) is 20.9. The number of hydrogen-bond donors (Lipinski definition) is 0. The first-order chi connectivity index (χ1) is 9.99. The third-order valence-corrected chi connectivity index (χ3v) is 5.34. The molecule has 0 aromatic carbocycles. The molecule has 1 atom stereocenters. The Labute approximate surface area is 134 Å². The zero-order valence-corrected chi connectivity index (χ0v) is 15.5. The van der Waals surface area contributed by atoms with Crippen LogP contribution in [-0.4, -0.2) is 20.4 Å². The van der Waals surface area contributed by atoms with Crippen LogP contribution >= 0.6 is 0 Å². The fraction of sp³-hybridized carbons (Fsp3) is 1.00. The molecular weight excluding hydrogens is 280 g/mol. The third kappa shape index (κ3) is 16.2. The molecule has 0 heterocycles. The predicted molar refractivity (Wildman–Crippen MR) is 94.6 cm³/mol. The molecule has 0 aromatic rings. The van der Waals surface area contributed by atoms with Gasteiger partial charge in [0.2, 0.25) is 0 Å². The molecule has 0 bridgehead atoms. The highest BCUT2D eigenvalue weighted by molar-refractivity contribution is 7.90. The van der Waals surface area contributed by atoms with Crippen LogP contribution in [0.5, 0.6) is 0 Å². The summed E-state index contributed by atoms with van der Waals surface area (Å²) in [5, 5.41) is 0. The summed E-state index contributed by atoms with van der Waals surface area (Å²) >= 11 is 0. The maximum atomic E-state index is 11.2. The lowest BCUT2D eigenvalue weighted by Crippen LogP contribution is -2.07. The molecule has 0 aromatic heterocycles. The zero-order chi connectivity index (χ0) is 16.0. The van der Waals surface area contributed by atoms with Crippen molar-refractivity contribution >= 4 is 9.84 Å². The molecule has 0 N–H and O–H groups in total. The molecule has 3 heteroatoms. The summed E-state index contributed by atoms with van der Waals surface area (Å²) in [5.41, 5.74) is 0. The van der Waals surface area contributed by atoms with Crippen molar-refractivity contribution in [3.8, 4) is 0 Å². The van der Waals surface area contributed by atoms with Gasteiger partial charge >= 0.3 is 0 Å². The van der Waals surface area contributed by atoms with E-state index in [2.05, 4.69) is 13.8 Å². The molecular formula is C18H38O2S. The number of unbranched alkanes of at least 4 members (excludes halogenated alkanes) is 7. The molecule has 0 saturated heterocycles. The lowest BCUT2D eigenvalue weighted by atomic mass is 9.91. The van der Waals surface area contributed by atoms with Gasteiger partial charge in [-0.1, -0.05) is 84.5 Å². The van der Waals surface area contributed by atoms with Crippen molar-refractivity contribution in [3.05, 3.63) is 0 Å². The second kappa shape index (κ2) is 13.6. The van der Waals surface area contributed by atoms with E-state index >= 15 is 0 Å². The fourth-order valence-corrected chi connectivity index (χ4v) is 3.65. The lowest BCUT2D eigenvalue weighted by molar-refractivity contribution is 0.379. The minimum Gasteiger partial charge on any atom is -0.229 e. The van der Waals surface area contributed by atoms with Crippen molar-refractivity contribution in [2.45, 2.75) is 97.3 Å². The van der Waals surface area contributed by atoms with Crippen LogP contribution < -0.4 is 0 Å². The quantitative estimate of drug-likeness (QED) is 0.360. The molecule has 0 fully saturated rings. The van der Waals surface area contributed by atoms with E-state index in [-0.39, 0.29) is 0 Å². The first-order valence-corrected chi connectivity index (χ1v) is 11.2. The molecule has 128 valence electrons. The van der Waals surface area contributed by atoms with E-state index < -0.39 is 9.84 Å². The third-order valence-electron chi connectivity index (χ3n) is 4.31. The molecule has 0 radical (unpaired) electrons. The zero-order valence-electron chi connectivity index (χ0n) is 14.7. The normalized spacial score (nSPS) is 13.5. The van der Waals surface area contributed by atoms with Gasteiger partial charge < -0.3 is 0 Å². The number of hydrogen-bond acceptors (Lipinski definition) is 2. The van der Waals surface area contributed by atoms with E-state index in [1.54, 1.807) is 0 Å². The van der Waals surface area contributed by atoms with E-state index in [0.717, 1.165) is 18.8 Å². The second-order valence-corrected chi connectivity index (χ2v) is 8.95. The second-order valence-electron chi connectivity index (χ2n) is 6.69. The average Bonchev–Trinajstić information content (AvgIpc) is 2.41. The van der Waals surface area contributed by atoms with Gasteiger partial charge in [0.05, 0.1) is 0 Å². The highest BCUT2D eigenvalue weighted by atomic mass is 32.2. The molecule has 0 aliphatic heterocycles. The maximum Gasteiger partial charge on any atom is 0.147 e. The Morgan fingerprint density at radius 3 is 1.57 bits per heavy atom. The largest absolute Gasteiger partial charge is 0.229 e. The molecule has 0 rings (SSSR count). The molecule has 0 aliphatic carbocycles. The summed E-state index contributed by atoms with van der Waals surface area (Å²) in [6, 6.07) is 0. The summed E-state index contributed by atoms with van der Waals surface area (Å²) < 4.78 is 22.5. The number of rotatable bonds is 15. The molecule has 0 aliphatic rings. The van der Waals surface area contributed by atoms with Gasteiger partial charge in [0.15, 0.2) is 0 Å². The van der Waals surface area contributed by atoms with Crippen molar-refractivity contribution in [1.29, 1.82) is 0 Å². The first-order valence-electron chi connectivity index (χ1n) is 9.17. The molecule has 0 saturated carbocycles. The van der Waals surface area contributed by atoms with Crippen LogP contribution in [0.2, 0.25) is 0 Å². The molecule has 0 amide bonds. The highest BCUT2D eigenvalue weighted by Gasteiger charge is 2.10. The van der Waals surface area contributed by atoms with E-state index in [9.17, 15) is 8.42 Å². The van der Waals surface area contributed by atoms with E-state index in [0.29, 0.717) is 5.75 Å². The smallest absolute Gasteiger partial charge is 0.147 e. The Bertz CT molecular complexity index is 309. The van der Waals surface area contributed by atoms with E-state index in [4.69, 9.17) is 0 Å². The maximum absolute atomic E-state index is 11.2. The van der Waals surface area contributed by atoms with Crippen LogP contribution in [0.1, 0.15) is 97.3 Å². The molecule has 21 heavy (non-hydrogen) atoms. The summed E-state index contributed by atoms with van der Waals surface area (Å²) in [7, 11) is -2.78. The van der Waals surface area contributed by atoms with Crippen LogP contribution in [0.15, 0.2) is 0 Å². The van der Waals surface area contributed by atoms with Crippen molar-refractivity contribution < 1.29 is 8.42 Å². The topological polar surface area (TPSA) is 34.1 Å². The molecule has 2 nitrogen and oxygen atoms in total. The minimum atomic E-state index is -2.78. The standard InChI is InChI=1S/C18H38O2S/c1-4-6-8-10-12-15-18(14-11-9-7-5-2)16-13-17-21(3,19)20/h18H,4-17H2,1-3H3.